The van der Waals surface area contributed by atoms with Gasteiger partial charge in [-0.15, -0.1) is 0 Å². The van der Waals surface area contributed by atoms with Crippen molar-refractivity contribution in [1.82, 2.24) is 14.9 Å². The second-order valence-corrected chi connectivity index (χ2v) is 8.02. The molecule has 5 N–H and O–H groups in total. The number of rotatable bonds is 7. The predicted molar refractivity (Wildman–Crippen MR) is 125 cm³/mol. The van der Waals surface area contributed by atoms with E-state index in [1.807, 2.05) is 13.8 Å². The first-order valence-corrected chi connectivity index (χ1v) is 10.5. The Labute approximate surface area is 194 Å². The van der Waals surface area contributed by atoms with Crippen molar-refractivity contribution in [2.75, 3.05) is 11.1 Å². The second-order valence-electron chi connectivity index (χ2n) is 8.02. The van der Waals surface area contributed by atoms with E-state index in [1.54, 1.807) is 41.1 Å². The Kier molecular flexibility index (Phi) is 6.13. The van der Waals surface area contributed by atoms with Crippen LogP contribution in [0.5, 0.6) is 0 Å². The Morgan fingerprint density at radius 2 is 1.85 bits per heavy atom. The third-order valence-electron chi connectivity index (χ3n) is 5.16. The number of nitrogen functional groups attached to an aromatic ring is 1. The molecule has 4 rings (SSSR count). The molecule has 0 saturated carbocycles. The lowest BCUT2D eigenvalue weighted by atomic mass is 10.0. The summed E-state index contributed by atoms with van der Waals surface area (Å²) in [4.78, 5) is 24.4. The highest BCUT2D eigenvalue weighted by Gasteiger charge is 2.22. The Bertz CT molecular complexity index is 1360. The number of aromatic nitrogens is 3. The van der Waals surface area contributed by atoms with Crippen LogP contribution in [-0.4, -0.2) is 26.8 Å². The van der Waals surface area contributed by atoms with Crippen LogP contribution in [0.3, 0.4) is 0 Å². The number of nitrogens with zero attached hydrogens (tertiary/aromatic N) is 3. The summed E-state index contributed by atoms with van der Waals surface area (Å²) in [6.07, 6.45) is 0.0771. The molecule has 2 heterocycles. The van der Waals surface area contributed by atoms with E-state index < -0.39 is 11.7 Å². The third kappa shape index (κ3) is 4.65. The van der Waals surface area contributed by atoms with Gasteiger partial charge in [0.15, 0.2) is 11.6 Å². The van der Waals surface area contributed by atoms with Crippen LogP contribution >= 0.6 is 0 Å². The number of nitrogens with one attached hydrogen (secondary N) is 1. The van der Waals surface area contributed by atoms with Crippen LogP contribution in [0.2, 0.25) is 0 Å². The monoisotopic (exact) mass is 462 g/mol. The van der Waals surface area contributed by atoms with E-state index in [0.29, 0.717) is 22.6 Å². The number of halogens is 1. The lowest BCUT2D eigenvalue weighted by molar-refractivity contribution is -0.115. The Hall–Kier alpha value is -4.47. The van der Waals surface area contributed by atoms with Crippen LogP contribution in [0.15, 0.2) is 59.1 Å². The summed E-state index contributed by atoms with van der Waals surface area (Å²) in [6.45, 7) is 3.80. The van der Waals surface area contributed by atoms with Gasteiger partial charge in [0, 0.05) is 23.2 Å². The molecule has 0 atom stereocenters. The van der Waals surface area contributed by atoms with Crippen molar-refractivity contribution in [3.8, 4) is 22.6 Å². The third-order valence-corrected chi connectivity index (χ3v) is 5.16. The largest absolute Gasteiger partial charge is 0.383 e. The van der Waals surface area contributed by atoms with E-state index in [4.69, 9.17) is 16.0 Å². The fourth-order valence-electron chi connectivity index (χ4n) is 3.55. The average molecular weight is 462 g/mol. The number of primary amides is 1. The van der Waals surface area contributed by atoms with E-state index in [1.165, 1.54) is 18.2 Å². The Balaban J connectivity index is 1.46. The highest BCUT2D eigenvalue weighted by molar-refractivity contribution is 6.03. The maximum Gasteiger partial charge on any atom is 0.254 e. The number of benzene rings is 2. The van der Waals surface area contributed by atoms with Crippen LogP contribution in [0.4, 0.5) is 16.0 Å². The minimum Gasteiger partial charge on any atom is -0.383 e. The number of amides is 2. The highest BCUT2D eigenvalue weighted by atomic mass is 19.1. The van der Waals surface area contributed by atoms with E-state index in [2.05, 4.69) is 15.6 Å². The first-order valence-electron chi connectivity index (χ1n) is 10.5. The van der Waals surface area contributed by atoms with Gasteiger partial charge in [-0.3, -0.25) is 9.59 Å². The summed E-state index contributed by atoms with van der Waals surface area (Å²) >= 11 is 0. The van der Waals surface area contributed by atoms with Crippen LogP contribution in [0.1, 0.15) is 35.8 Å². The van der Waals surface area contributed by atoms with Gasteiger partial charge >= 0.3 is 0 Å². The molecule has 2 amide bonds. The summed E-state index contributed by atoms with van der Waals surface area (Å²) in [5.74, 6) is -0.590. The molecular formula is C24H23FN6O3. The summed E-state index contributed by atoms with van der Waals surface area (Å²) in [5, 5.41) is 10.9. The molecule has 34 heavy (non-hydrogen) atoms. The van der Waals surface area contributed by atoms with E-state index in [0.717, 1.165) is 5.56 Å². The van der Waals surface area contributed by atoms with Gasteiger partial charge in [-0.05, 0) is 31.5 Å². The van der Waals surface area contributed by atoms with E-state index in [-0.39, 0.29) is 35.6 Å². The molecule has 0 aliphatic heterocycles. The highest BCUT2D eigenvalue weighted by Crippen LogP contribution is 2.29. The summed E-state index contributed by atoms with van der Waals surface area (Å²) in [5.41, 5.74) is 14.0. The molecule has 10 heteroatoms. The summed E-state index contributed by atoms with van der Waals surface area (Å²) < 4.78 is 20.1. The van der Waals surface area contributed by atoms with Gasteiger partial charge in [0.05, 0.1) is 6.42 Å². The first kappa shape index (κ1) is 22.7. The summed E-state index contributed by atoms with van der Waals surface area (Å²) in [7, 11) is 0. The number of anilines is 2. The number of carbonyl (C=O) groups is 2. The number of hydrogen-bond acceptors (Lipinski definition) is 6. The van der Waals surface area contributed by atoms with E-state index >= 15 is 0 Å². The maximum absolute atomic E-state index is 13.4. The van der Waals surface area contributed by atoms with Gasteiger partial charge in [-0.25, -0.2) is 9.07 Å². The molecule has 2 aromatic carbocycles. The number of hydrogen-bond donors (Lipinski definition) is 3. The minimum atomic E-state index is -0.659. The van der Waals surface area contributed by atoms with E-state index in [9.17, 15) is 14.0 Å². The normalized spacial score (nSPS) is 11.1. The zero-order valence-corrected chi connectivity index (χ0v) is 18.6. The molecule has 0 aliphatic carbocycles. The molecule has 0 saturated heterocycles. The van der Waals surface area contributed by atoms with Crippen molar-refractivity contribution in [2.24, 2.45) is 5.73 Å². The molecule has 4 aromatic rings. The molecular weight excluding hydrogens is 439 g/mol. The van der Waals surface area contributed by atoms with Crippen LogP contribution in [0.25, 0.3) is 22.6 Å². The van der Waals surface area contributed by atoms with Crippen molar-refractivity contribution in [2.45, 2.75) is 26.3 Å². The lowest BCUT2D eigenvalue weighted by Crippen LogP contribution is -2.15. The van der Waals surface area contributed by atoms with Gasteiger partial charge in [0.25, 0.3) is 5.91 Å². The van der Waals surface area contributed by atoms with Crippen molar-refractivity contribution < 1.29 is 18.5 Å². The zero-order chi connectivity index (χ0) is 24.4. The number of carbonyl (C=O) groups excluding carboxylic acids is 2. The molecule has 0 unspecified atom stereocenters. The quantitative estimate of drug-likeness (QED) is 0.381. The van der Waals surface area contributed by atoms with Crippen LogP contribution in [0, 0.1) is 5.82 Å². The molecule has 174 valence electrons. The second kappa shape index (κ2) is 9.18. The molecule has 0 aliphatic rings. The van der Waals surface area contributed by atoms with Crippen molar-refractivity contribution in [3.05, 3.63) is 71.5 Å². The fraction of sp³-hybridized carbons (Fsp3) is 0.167. The molecule has 9 nitrogen and oxygen atoms in total. The maximum atomic E-state index is 13.4. The van der Waals surface area contributed by atoms with Gasteiger partial charge in [-0.2, -0.15) is 5.10 Å². The first-order chi connectivity index (χ1) is 16.2. The van der Waals surface area contributed by atoms with Crippen molar-refractivity contribution in [3.63, 3.8) is 0 Å². The SMILES string of the molecule is CC(C)n1nc(-c2ccc(CC(=O)Nc3cc(-c4cccc(F)c4)on3)cc2)c(C(N)=O)c1N. The van der Waals surface area contributed by atoms with Gasteiger partial charge in [0.1, 0.15) is 22.9 Å². The summed E-state index contributed by atoms with van der Waals surface area (Å²) in [6, 6.07) is 14.4. The van der Waals surface area contributed by atoms with Crippen molar-refractivity contribution >= 4 is 23.5 Å². The molecule has 0 radical (unpaired) electrons. The zero-order valence-electron chi connectivity index (χ0n) is 18.6. The molecule has 0 bridgehead atoms. The predicted octanol–water partition coefficient (Wildman–Crippen LogP) is 3.79. The standard InChI is InChI=1S/C24H23FN6O3/c1-13(2)31-23(26)21(24(27)33)22(29-31)15-8-6-14(7-9-15)10-20(32)28-19-12-18(34-30-19)16-4-3-5-17(25)11-16/h3-9,11-13H,10,26H2,1-2H3,(H2,27,33)(H,28,30,32). The van der Waals surface area contributed by atoms with Gasteiger partial charge in [0.2, 0.25) is 5.91 Å². The molecule has 2 aromatic heterocycles. The topological polar surface area (TPSA) is 142 Å². The minimum absolute atomic E-state index is 0.0484. The van der Waals surface area contributed by atoms with Crippen LogP contribution < -0.4 is 16.8 Å². The fourth-order valence-corrected chi connectivity index (χ4v) is 3.55. The molecule has 0 fully saturated rings. The Morgan fingerprint density at radius 1 is 1.12 bits per heavy atom. The lowest BCUT2D eigenvalue weighted by Gasteiger charge is -2.07. The van der Waals surface area contributed by atoms with Gasteiger partial charge < -0.3 is 21.3 Å². The molecule has 0 spiro atoms. The average Bonchev–Trinajstić information content (AvgIpc) is 3.38. The number of nitrogens with two attached hydrogens (primary N) is 2. The Morgan fingerprint density at radius 3 is 2.50 bits per heavy atom. The van der Waals surface area contributed by atoms with Crippen LogP contribution in [-0.2, 0) is 11.2 Å². The van der Waals surface area contributed by atoms with Crippen molar-refractivity contribution in [1.29, 1.82) is 0 Å². The van der Waals surface area contributed by atoms with Gasteiger partial charge in [-0.1, -0.05) is 41.6 Å². The smallest absolute Gasteiger partial charge is 0.254 e.